The Morgan fingerprint density at radius 1 is 1.02 bits per heavy atom. The van der Waals surface area contributed by atoms with Gasteiger partial charge in [-0.3, -0.25) is 15.0 Å². The number of amides is 1. The summed E-state index contributed by atoms with van der Waals surface area (Å²) in [5.74, 6) is -6.40. The number of aromatic carboxylic acids is 1. The smallest absolute Gasteiger partial charge is 0.343 e. The molecule has 228 valence electrons. The van der Waals surface area contributed by atoms with Crippen LogP contribution in [0.5, 0.6) is 11.5 Å². The third-order valence-corrected chi connectivity index (χ3v) is 6.70. The van der Waals surface area contributed by atoms with Gasteiger partial charge in [0.2, 0.25) is 0 Å². The van der Waals surface area contributed by atoms with E-state index in [-0.39, 0.29) is 47.3 Å². The van der Waals surface area contributed by atoms with Crippen molar-refractivity contribution >= 4 is 41.4 Å². The fourth-order valence-corrected chi connectivity index (χ4v) is 4.66. The van der Waals surface area contributed by atoms with E-state index in [1.54, 1.807) is 12.1 Å². The molecule has 0 aliphatic carbocycles. The number of para-hydroxylation sites is 1. The molecule has 0 fully saturated rings. The number of aliphatic carboxylic acids is 2. The molecule has 0 saturated carbocycles. The van der Waals surface area contributed by atoms with Gasteiger partial charge in [0, 0.05) is 12.2 Å². The molecule has 0 aromatic heterocycles. The van der Waals surface area contributed by atoms with Crippen LogP contribution in [0.15, 0.2) is 60.7 Å². The lowest BCUT2D eigenvalue weighted by atomic mass is 10.0. The number of carboxylic acid groups (broad SMARTS) is 3. The lowest BCUT2D eigenvalue weighted by Gasteiger charge is -2.29. The highest BCUT2D eigenvalue weighted by atomic mass is 16.6. The topological polar surface area (TPSA) is 230 Å². The molecular weight excluding hydrogens is 576 g/mol. The van der Waals surface area contributed by atoms with Crippen molar-refractivity contribution < 1.29 is 48.8 Å². The average molecular weight is 605 g/mol. The molecule has 1 unspecified atom stereocenters. The van der Waals surface area contributed by atoms with Crippen LogP contribution in [0.25, 0.3) is 0 Å². The number of aryl methyl sites for hydroxylation is 1. The molecule has 1 heterocycles. The van der Waals surface area contributed by atoms with Gasteiger partial charge in [0.1, 0.15) is 6.04 Å². The standard InChI is InChI=1S/C30H28N4O10/c31-30(32)33-19-10-11-20-18(13-19)3-2-12-43-25-21(4-1-5-23(25)44-29(20)42)26(37)34(22(28(40)41)14-24(35)36)15-16-6-8-17(9-7-16)27(38)39/h1,4-11,13,22H,2-3,12,14-15H2,(H,35,36)(H,38,39)(H,40,41)(H4,31,32,33). The first-order chi connectivity index (χ1) is 20.9. The first kappa shape index (κ1) is 31.0. The van der Waals surface area contributed by atoms with E-state index in [0.717, 1.165) is 4.90 Å². The molecule has 1 atom stereocenters. The van der Waals surface area contributed by atoms with Crippen molar-refractivity contribution in [1.29, 1.82) is 5.41 Å². The molecule has 4 rings (SSSR count). The van der Waals surface area contributed by atoms with E-state index in [9.17, 15) is 39.3 Å². The number of ether oxygens (including phenoxy) is 2. The lowest BCUT2D eigenvalue weighted by Crippen LogP contribution is -2.46. The van der Waals surface area contributed by atoms with Crippen LogP contribution in [0, 0.1) is 5.41 Å². The minimum Gasteiger partial charge on any atom is -0.489 e. The SMILES string of the molecule is N=C(N)Nc1ccc2c(c1)CCCOc1c(cccc1C(=O)N(Cc1ccc(C(=O)O)cc1)C(CC(=O)O)C(=O)O)OC2=O. The molecule has 1 aliphatic rings. The fourth-order valence-electron chi connectivity index (χ4n) is 4.66. The van der Waals surface area contributed by atoms with E-state index in [4.69, 9.17) is 20.6 Å². The molecule has 0 saturated heterocycles. The summed E-state index contributed by atoms with van der Waals surface area (Å²) in [5, 5.41) is 38.6. The number of benzene rings is 3. The van der Waals surface area contributed by atoms with Gasteiger partial charge >= 0.3 is 23.9 Å². The van der Waals surface area contributed by atoms with Crippen molar-refractivity contribution in [3.05, 3.63) is 88.5 Å². The fraction of sp³-hybridized carbons (Fsp3) is 0.200. The molecule has 14 heteroatoms. The molecule has 44 heavy (non-hydrogen) atoms. The lowest BCUT2D eigenvalue weighted by molar-refractivity contribution is -0.149. The van der Waals surface area contributed by atoms with Gasteiger partial charge in [0.25, 0.3) is 5.91 Å². The van der Waals surface area contributed by atoms with Gasteiger partial charge in [0.15, 0.2) is 17.5 Å². The normalized spacial score (nSPS) is 13.1. The molecule has 3 aromatic rings. The summed E-state index contributed by atoms with van der Waals surface area (Å²) in [7, 11) is 0. The Kier molecular flexibility index (Phi) is 9.43. The number of guanidine groups is 1. The monoisotopic (exact) mass is 604 g/mol. The van der Waals surface area contributed by atoms with Crippen LogP contribution < -0.4 is 20.5 Å². The van der Waals surface area contributed by atoms with Crippen LogP contribution >= 0.6 is 0 Å². The van der Waals surface area contributed by atoms with Crippen molar-refractivity contribution in [3.63, 3.8) is 0 Å². The number of esters is 1. The predicted octanol–water partition coefficient (Wildman–Crippen LogP) is 2.80. The van der Waals surface area contributed by atoms with Gasteiger partial charge < -0.3 is 40.7 Å². The summed E-state index contributed by atoms with van der Waals surface area (Å²) in [6.45, 7) is -0.316. The van der Waals surface area contributed by atoms with Crippen LogP contribution in [0.4, 0.5) is 5.69 Å². The summed E-state index contributed by atoms with van der Waals surface area (Å²) in [4.78, 5) is 63.1. The Bertz CT molecular complexity index is 1640. The molecule has 1 amide bonds. The molecule has 14 nitrogen and oxygen atoms in total. The summed E-state index contributed by atoms with van der Waals surface area (Å²) in [6, 6.07) is 12.4. The van der Waals surface area contributed by atoms with Gasteiger partial charge in [-0.1, -0.05) is 18.2 Å². The third-order valence-electron chi connectivity index (χ3n) is 6.70. The van der Waals surface area contributed by atoms with Crippen molar-refractivity contribution in [3.8, 4) is 11.5 Å². The second kappa shape index (κ2) is 13.4. The number of nitrogens with zero attached hydrogens (tertiary/aromatic N) is 1. The van der Waals surface area contributed by atoms with Gasteiger partial charge in [-0.05, 0) is 66.4 Å². The number of hydrogen-bond donors (Lipinski definition) is 6. The zero-order valence-electron chi connectivity index (χ0n) is 23.1. The largest absolute Gasteiger partial charge is 0.489 e. The number of fused-ring (bicyclic) bond motifs is 2. The van der Waals surface area contributed by atoms with Crippen molar-refractivity contribution in [2.45, 2.75) is 31.8 Å². The molecule has 7 N–H and O–H groups in total. The second-order valence-electron chi connectivity index (χ2n) is 9.77. The third kappa shape index (κ3) is 7.28. The van der Waals surface area contributed by atoms with E-state index < -0.39 is 42.2 Å². The van der Waals surface area contributed by atoms with Gasteiger partial charge in [-0.2, -0.15) is 0 Å². The number of carbonyl (C=O) groups excluding carboxylic acids is 2. The van der Waals surface area contributed by atoms with E-state index in [2.05, 4.69) is 5.32 Å². The number of hydrogen-bond acceptors (Lipinski definition) is 8. The molecule has 3 aromatic carbocycles. The maximum Gasteiger partial charge on any atom is 0.343 e. The molecule has 0 spiro atoms. The molecular formula is C30H28N4O10. The van der Waals surface area contributed by atoms with E-state index in [1.807, 2.05) is 0 Å². The Morgan fingerprint density at radius 3 is 2.39 bits per heavy atom. The van der Waals surface area contributed by atoms with Crippen LogP contribution in [0.3, 0.4) is 0 Å². The quantitative estimate of drug-likeness (QED) is 0.0896. The van der Waals surface area contributed by atoms with Crippen LogP contribution in [0.2, 0.25) is 0 Å². The summed E-state index contributed by atoms with van der Waals surface area (Å²) < 4.78 is 11.5. The number of nitrogens with one attached hydrogen (secondary N) is 2. The number of nitrogens with two attached hydrogens (primary N) is 1. The Morgan fingerprint density at radius 2 is 1.75 bits per heavy atom. The maximum atomic E-state index is 14.0. The number of carboxylic acids is 3. The van der Waals surface area contributed by atoms with Crippen molar-refractivity contribution in [1.82, 2.24) is 4.90 Å². The first-order valence-electron chi connectivity index (χ1n) is 13.2. The summed E-state index contributed by atoms with van der Waals surface area (Å²) >= 11 is 0. The Balaban J connectivity index is 1.73. The maximum absolute atomic E-state index is 14.0. The van der Waals surface area contributed by atoms with E-state index in [1.165, 1.54) is 48.5 Å². The zero-order chi connectivity index (χ0) is 32.0. The minimum atomic E-state index is -1.80. The molecule has 0 bridgehead atoms. The van der Waals surface area contributed by atoms with E-state index >= 15 is 0 Å². The summed E-state index contributed by atoms with van der Waals surface area (Å²) in [5.41, 5.74) is 6.89. The Labute approximate surface area is 250 Å². The highest BCUT2D eigenvalue weighted by Gasteiger charge is 2.35. The second-order valence-corrected chi connectivity index (χ2v) is 9.77. The van der Waals surface area contributed by atoms with Crippen LogP contribution in [0.1, 0.15) is 55.0 Å². The van der Waals surface area contributed by atoms with Crippen molar-refractivity contribution in [2.75, 3.05) is 11.9 Å². The number of carbonyl (C=O) groups is 5. The zero-order valence-corrected chi connectivity index (χ0v) is 23.1. The van der Waals surface area contributed by atoms with E-state index in [0.29, 0.717) is 29.7 Å². The predicted molar refractivity (Wildman–Crippen MR) is 154 cm³/mol. The minimum absolute atomic E-state index is 0.0356. The number of anilines is 1. The van der Waals surface area contributed by atoms with Crippen LogP contribution in [-0.2, 0) is 22.6 Å². The van der Waals surface area contributed by atoms with Gasteiger partial charge in [0.05, 0.1) is 29.7 Å². The highest BCUT2D eigenvalue weighted by Crippen LogP contribution is 2.35. The first-order valence-corrected chi connectivity index (χ1v) is 13.2. The number of rotatable bonds is 9. The van der Waals surface area contributed by atoms with Crippen molar-refractivity contribution in [2.24, 2.45) is 5.73 Å². The highest BCUT2D eigenvalue weighted by molar-refractivity contribution is 6.01. The van der Waals surface area contributed by atoms with Gasteiger partial charge in [-0.15, -0.1) is 0 Å². The average Bonchev–Trinajstić information content (AvgIpc) is 2.96. The van der Waals surface area contributed by atoms with Crippen LogP contribution in [-0.4, -0.2) is 68.6 Å². The summed E-state index contributed by atoms with van der Waals surface area (Å²) in [6.07, 6.45) is -0.167. The molecule has 1 aliphatic heterocycles. The molecule has 0 radical (unpaired) electrons. The van der Waals surface area contributed by atoms with Gasteiger partial charge in [-0.25, -0.2) is 14.4 Å². The Hall–Kier alpha value is -5.92.